The third-order valence-corrected chi connectivity index (χ3v) is 3.89. The van der Waals surface area contributed by atoms with Crippen LogP contribution in [0, 0.1) is 11.8 Å². The van der Waals surface area contributed by atoms with Crippen LogP contribution < -0.4 is 5.32 Å². The van der Waals surface area contributed by atoms with Gasteiger partial charge in [0.15, 0.2) is 0 Å². The number of amides is 1. The molecule has 2 N–H and O–H groups in total. The maximum Gasteiger partial charge on any atom is 0.268 e. The summed E-state index contributed by atoms with van der Waals surface area (Å²) in [5.74, 6) is 5.67. The summed E-state index contributed by atoms with van der Waals surface area (Å²) in [5.41, 5.74) is 1.43. The molecule has 4 nitrogen and oxygen atoms in total. The largest absolute Gasteiger partial charge is 0.395 e. The average Bonchev–Trinajstić information content (AvgIpc) is 3.03. The van der Waals surface area contributed by atoms with E-state index in [1.165, 1.54) is 0 Å². The summed E-state index contributed by atoms with van der Waals surface area (Å²) in [6.45, 7) is 0.521. The van der Waals surface area contributed by atoms with E-state index in [4.69, 9.17) is 16.7 Å². The third kappa shape index (κ3) is 4.36. The van der Waals surface area contributed by atoms with Gasteiger partial charge < -0.3 is 15.0 Å². The van der Waals surface area contributed by atoms with Crippen molar-refractivity contribution >= 4 is 28.8 Å². The first-order chi connectivity index (χ1) is 10.1. The van der Waals surface area contributed by atoms with Crippen molar-refractivity contribution in [2.75, 3.05) is 6.61 Å². The minimum absolute atomic E-state index is 0.0687. The van der Waals surface area contributed by atoms with Crippen LogP contribution in [0.4, 0.5) is 0 Å². The maximum absolute atomic E-state index is 12.0. The molecule has 0 bridgehead atoms. The minimum Gasteiger partial charge on any atom is -0.395 e. The molecular formula is C15H15ClN2O2S. The van der Waals surface area contributed by atoms with Crippen molar-refractivity contribution in [3.63, 3.8) is 0 Å². The predicted molar refractivity (Wildman–Crippen MR) is 84.5 cm³/mol. The number of aliphatic hydroxyl groups is 1. The Morgan fingerprint density at radius 1 is 1.52 bits per heavy atom. The lowest BCUT2D eigenvalue weighted by Gasteiger charge is -2.04. The van der Waals surface area contributed by atoms with Crippen LogP contribution in [0.3, 0.4) is 0 Å². The van der Waals surface area contributed by atoms with Crippen LogP contribution in [-0.4, -0.2) is 22.2 Å². The third-order valence-electron chi connectivity index (χ3n) is 2.75. The first-order valence-electron chi connectivity index (χ1n) is 6.37. The molecule has 2 aromatic rings. The Labute approximate surface area is 132 Å². The summed E-state index contributed by atoms with van der Waals surface area (Å²) in [4.78, 5) is 13.1. The Morgan fingerprint density at radius 3 is 3.00 bits per heavy atom. The summed E-state index contributed by atoms with van der Waals surface area (Å²) >= 11 is 7.40. The van der Waals surface area contributed by atoms with Crippen LogP contribution >= 0.6 is 22.9 Å². The van der Waals surface area contributed by atoms with Crippen LogP contribution in [-0.2, 0) is 13.6 Å². The number of aliphatic hydroxyl groups excluding tert-OH is 1. The van der Waals surface area contributed by atoms with Gasteiger partial charge in [0, 0.05) is 35.5 Å². The molecule has 110 valence electrons. The summed E-state index contributed by atoms with van der Waals surface area (Å²) in [5, 5.41) is 14.0. The number of hydrogen-bond donors (Lipinski definition) is 2. The van der Waals surface area contributed by atoms with Crippen LogP contribution in [0.5, 0.6) is 0 Å². The van der Waals surface area contributed by atoms with Crippen molar-refractivity contribution in [1.29, 1.82) is 0 Å². The normalized spacial score (nSPS) is 10.0. The number of rotatable bonds is 4. The lowest BCUT2D eigenvalue weighted by atomic mass is 10.3. The number of halogens is 1. The molecule has 1 amide bonds. The van der Waals surface area contributed by atoms with E-state index >= 15 is 0 Å². The summed E-state index contributed by atoms with van der Waals surface area (Å²) < 4.78 is 1.69. The van der Waals surface area contributed by atoms with Crippen LogP contribution in [0.2, 0.25) is 5.02 Å². The molecule has 2 aromatic heterocycles. The first-order valence-corrected chi connectivity index (χ1v) is 7.63. The Morgan fingerprint density at radius 2 is 2.33 bits per heavy atom. The fourth-order valence-corrected chi connectivity index (χ4v) is 2.77. The number of carbonyl (C=O) groups excluding carboxylic acids is 1. The van der Waals surface area contributed by atoms with E-state index in [1.54, 1.807) is 35.2 Å². The number of nitrogens with zero attached hydrogens (tertiary/aromatic N) is 1. The topological polar surface area (TPSA) is 54.3 Å². The molecule has 0 aliphatic carbocycles. The van der Waals surface area contributed by atoms with Crippen molar-refractivity contribution in [2.45, 2.75) is 13.0 Å². The quantitative estimate of drug-likeness (QED) is 0.849. The Hall–Kier alpha value is -1.74. The number of nitrogens with one attached hydrogen (secondary N) is 1. The van der Waals surface area contributed by atoms with Gasteiger partial charge in [0.2, 0.25) is 0 Å². The molecule has 0 aromatic carbocycles. The predicted octanol–water partition coefficient (Wildman–Crippen LogP) is 2.40. The molecule has 0 unspecified atom stereocenters. The van der Waals surface area contributed by atoms with Gasteiger partial charge in [-0.05, 0) is 12.1 Å². The molecule has 0 saturated carbocycles. The summed E-state index contributed by atoms with van der Waals surface area (Å²) in [7, 11) is 1.78. The van der Waals surface area contributed by atoms with E-state index in [2.05, 4.69) is 17.2 Å². The molecule has 2 heterocycles. The molecule has 6 heteroatoms. The zero-order valence-corrected chi connectivity index (χ0v) is 13.1. The first kappa shape index (κ1) is 15.6. The highest BCUT2D eigenvalue weighted by Crippen LogP contribution is 2.15. The van der Waals surface area contributed by atoms with Gasteiger partial charge in [-0.25, -0.2) is 0 Å². The second-order valence-corrected chi connectivity index (χ2v) is 5.85. The lowest BCUT2D eigenvalue weighted by Crippen LogP contribution is -2.24. The van der Waals surface area contributed by atoms with Gasteiger partial charge in [-0.15, -0.1) is 11.3 Å². The van der Waals surface area contributed by atoms with E-state index in [0.717, 1.165) is 10.4 Å². The molecular weight excluding hydrogens is 308 g/mol. The van der Waals surface area contributed by atoms with Gasteiger partial charge in [0.25, 0.3) is 5.91 Å². The monoisotopic (exact) mass is 322 g/mol. The van der Waals surface area contributed by atoms with Crippen molar-refractivity contribution in [3.8, 4) is 11.8 Å². The minimum atomic E-state index is -0.161. The van der Waals surface area contributed by atoms with E-state index in [1.807, 2.05) is 11.4 Å². The number of thiophene rings is 1. The zero-order chi connectivity index (χ0) is 15.2. The van der Waals surface area contributed by atoms with Crippen molar-refractivity contribution in [1.82, 2.24) is 9.88 Å². The summed E-state index contributed by atoms with van der Waals surface area (Å²) in [6.07, 6.45) is 2.16. The van der Waals surface area contributed by atoms with Crippen molar-refractivity contribution in [2.24, 2.45) is 7.05 Å². The van der Waals surface area contributed by atoms with Gasteiger partial charge in [0.05, 0.1) is 18.2 Å². The second kappa shape index (κ2) is 7.32. The summed E-state index contributed by atoms with van der Waals surface area (Å²) in [6, 6.07) is 3.57. The van der Waals surface area contributed by atoms with E-state index in [0.29, 0.717) is 23.7 Å². The molecule has 0 aliphatic heterocycles. The van der Waals surface area contributed by atoms with E-state index in [9.17, 15) is 4.79 Å². The fourth-order valence-electron chi connectivity index (χ4n) is 1.77. The standard InChI is InChI=1S/C15H15ClN2O2S/c1-18-9-12(16)7-14(18)15(20)17-8-13-6-11(10-21-13)4-2-3-5-19/h6-7,9-10,19H,3,5,8H2,1H3,(H,17,20). The van der Waals surface area contributed by atoms with Crippen LogP contribution in [0.1, 0.15) is 27.3 Å². The molecule has 21 heavy (non-hydrogen) atoms. The molecule has 0 spiro atoms. The molecule has 0 aliphatic rings. The lowest BCUT2D eigenvalue weighted by molar-refractivity contribution is 0.0943. The SMILES string of the molecule is Cn1cc(Cl)cc1C(=O)NCc1cc(C#CCCO)cs1. The smallest absolute Gasteiger partial charge is 0.268 e. The van der Waals surface area contributed by atoms with Gasteiger partial charge in [-0.3, -0.25) is 4.79 Å². The highest BCUT2D eigenvalue weighted by molar-refractivity contribution is 7.10. The van der Waals surface area contributed by atoms with Gasteiger partial charge in [-0.2, -0.15) is 0 Å². The average molecular weight is 323 g/mol. The highest BCUT2D eigenvalue weighted by Gasteiger charge is 2.11. The molecule has 0 saturated heterocycles. The molecule has 0 fully saturated rings. The second-order valence-electron chi connectivity index (χ2n) is 4.41. The maximum atomic E-state index is 12.0. The fraction of sp³-hybridized carbons (Fsp3) is 0.267. The zero-order valence-electron chi connectivity index (χ0n) is 11.5. The molecule has 0 radical (unpaired) electrons. The van der Waals surface area contributed by atoms with Crippen LogP contribution in [0.15, 0.2) is 23.7 Å². The van der Waals surface area contributed by atoms with E-state index in [-0.39, 0.29) is 12.5 Å². The number of hydrogen-bond acceptors (Lipinski definition) is 3. The number of aromatic nitrogens is 1. The van der Waals surface area contributed by atoms with Crippen LogP contribution in [0.25, 0.3) is 0 Å². The van der Waals surface area contributed by atoms with Gasteiger partial charge in [-0.1, -0.05) is 23.4 Å². The Balaban J connectivity index is 1.93. The number of aryl methyl sites for hydroxylation is 1. The van der Waals surface area contributed by atoms with Gasteiger partial charge >= 0.3 is 0 Å². The molecule has 2 rings (SSSR count). The van der Waals surface area contributed by atoms with Crippen molar-refractivity contribution in [3.05, 3.63) is 44.9 Å². The highest BCUT2D eigenvalue weighted by atomic mass is 35.5. The van der Waals surface area contributed by atoms with Crippen molar-refractivity contribution < 1.29 is 9.90 Å². The van der Waals surface area contributed by atoms with Gasteiger partial charge in [0.1, 0.15) is 5.69 Å². The number of carbonyl (C=O) groups is 1. The Bertz CT molecular complexity index is 694. The Kier molecular flexibility index (Phi) is 5.45. The van der Waals surface area contributed by atoms with E-state index < -0.39 is 0 Å². The molecule has 0 atom stereocenters.